The minimum absolute atomic E-state index is 0.167. The van der Waals surface area contributed by atoms with Crippen LogP contribution in [-0.2, 0) is 0 Å². The first-order chi connectivity index (χ1) is 13.7. The molecule has 142 valence electrons. The molecule has 1 aliphatic carbocycles. The molecule has 1 aromatic carbocycles. The number of phenolic OH excluding ortho intramolecular Hbond substituents is 1. The first kappa shape index (κ1) is 17.1. The number of phenols is 1. The van der Waals surface area contributed by atoms with Gasteiger partial charge in [-0.15, -0.1) is 10.2 Å². The van der Waals surface area contributed by atoms with E-state index in [1.807, 2.05) is 18.2 Å². The van der Waals surface area contributed by atoms with E-state index >= 15 is 0 Å². The van der Waals surface area contributed by atoms with Crippen molar-refractivity contribution < 1.29 is 5.11 Å². The molecule has 0 spiro atoms. The lowest BCUT2D eigenvalue weighted by Gasteiger charge is -2.22. The zero-order valence-electron chi connectivity index (χ0n) is 15.5. The zero-order valence-corrected chi connectivity index (χ0v) is 16.3. The predicted octanol–water partition coefficient (Wildman–Crippen LogP) is 4.23. The van der Waals surface area contributed by atoms with E-state index in [1.165, 1.54) is 25.7 Å². The molecular weight excluding hydrogens is 372 g/mol. The van der Waals surface area contributed by atoms with E-state index in [4.69, 9.17) is 0 Å². The second-order valence-electron chi connectivity index (χ2n) is 7.18. The molecule has 0 bridgehead atoms. The Hall–Kier alpha value is -3.00. The molecule has 1 aliphatic rings. The van der Waals surface area contributed by atoms with Crippen molar-refractivity contribution in [1.82, 2.24) is 25.4 Å². The molecule has 0 unspecified atom stereocenters. The van der Waals surface area contributed by atoms with Crippen molar-refractivity contribution in [3.05, 3.63) is 36.7 Å². The van der Waals surface area contributed by atoms with E-state index in [2.05, 4.69) is 37.3 Å². The number of hydrogen-bond acceptors (Lipinski definition) is 7. The number of fused-ring (bicyclic) bond motifs is 1. The Labute approximate surface area is 166 Å². The van der Waals surface area contributed by atoms with Gasteiger partial charge in [-0.05, 0) is 36.6 Å². The molecule has 1 saturated carbocycles. The van der Waals surface area contributed by atoms with Gasteiger partial charge in [-0.2, -0.15) is 10.1 Å². The molecule has 7 nitrogen and oxygen atoms in total. The molecule has 0 amide bonds. The molecule has 3 aromatic heterocycles. The quantitative estimate of drug-likeness (QED) is 0.540. The third kappa shape index (κ3) is 2.99. The Morgan fingerprint density at radius 1 is 1.14 bits per heavy atom. The highest BCUT2D eigenvalue weighted by molar-refractivity contribution is 7.22. The van der Waals surface area contributed by atoms with Crippen molar-refractivity contribution in [2.75, 3.05) is 11.9 Å². The first-order valence-corrected chi connectivity index (χ1v) is 10.2. The maximum absolute atomic E-state index is 10.5. The summed E-state index contributed by atoms with van der Waals surface area (Å²) < 4.78 is 0.975. The van der Waals surface area contributed by atoms with Gasteiger partial charge in [0.15, 0.2) is 10.8 Å². The molecule has 0 saturated heterocycles. The molecule has 28 heavy (non-hydrogen) atoms. The number of nitrogens with zero attached hydrogens (tertiary/aromatic N) is 5. The number of aromatic nitrogens is 5. The van der Waals surface area contributed by atoms with Crippen molar-refractivity contribution in [2.24, 2.45) is 0 Å². The molecule has 5 rings (SSSR count). The number of thiazole rings is 1. The van der Waals surface area contributed by atoms with Gasteiger partial charge in [-0.25, -0.2) is 0 Å². The van der Waals surface area contributed by atoms with Gasteiger partial charge in [0, 0.05) is 30.4 Å². The van der Waals surface area contributed by atoms with Gasteiger partial charge in [0.2, 0.25) is 0 Å². The van der Waals surface area contributed by atoms with Crippen molar-refractivity contribution >= 4 is 26.8 Å². The summed E-state index contributed by atoms with van der Waals surface area (Å²) in [7, 11) is 2.11. The van der Waals surface area contributed by atoms with Crippen LogP contribution in [-0.4, -0.2) is 43.6 Å². The number of H-pyrrole nitrogens is 1. The van der Waals surface area contributed by atoms with E-state index in [0.717, 1.165) is 21.0 Å². The number of anilines is 1. The number of aromatic hydroxyl groups is 1. The number of aromatic amines is 1. The van der Waals surface area contributed by atoms with E-state index < -0.39 is 0 Å². The van der Waals surface area contributed by atoms with Crippen LogP contribution < -0.4 is 4.90 Å². The molecule has 0 aliphatic heterocycles. The molecule has 2 N–H and O–H groups in total. The van der Waals surface area contributed by atoms with Gasteiger partial charge >= 0.3 is 0 Å². The Kier molecular flexibility index (Phi) is 4.20. The topological polar surface area (TPSA) is 90.8 Å². The summed E-state index contributed by atoms with van der Waals surface area (Å²) in [5, 5.41) is 26.8. The maximum Gasteiger partial charge on any atom is 0.194 e. The Balaban J connectivity index is 1.48. The van der Waals surface area contributed by atoms with Crippen LogP contribution in [0.25, 0.3) is 32.7 Å². The second-order valence-corrected chi connectivity index (χ2v) is 8.19. The highest BCUT2D eigenvalue weighted by Gasteiger charge is 2.22. The minimum atomic E-state index is 0.167. The van der Waals surface area contributed by atoms with Crippen LogP contribution in [0.4, 0.5) is 5.13 Å². The zero-order chi connectivity index (χ0) is 19.1. The van der Waals surface area contributed by atoms with Crippen LogP contribution >= 0.6 is 11.3 Å². The molecule has 4 aromatic rings. The molecular formula is C20H20N6OS. The lowest BCUT2D eigenvalue weighted by atomic mass is 10.0. The largest absolute Gasteiger partial charge is 0.507 e. The number of nitrogens with one attached hydrogen (secondary N) is 1. The van der Waals surface area contributed by atoms with Gasteiger partial charge in [0.1, 0.15) is 5.75 Å². The van der Waals surface area contributed by atoms with Gasteiger partial charge in [-0.1, -0.05) is 30.2 Å². The minimum Gasteiger partial charge on any atom is -0.507 e. The van der Waals surface area contributed by atoms with E-state index in [0.29, 0.717) is 22.9 Å². The second kappa shape index (κ2) is 6.87. The van der Waals surface area contributed by atoms with Crippen molar-refractivity contribution in [3.63, 3.8) is 0 Å². The van der Waals surface area contributed by atoms with Crippen molar-refractivity contribution in [1.29, 1.82) is 0 Å². The van der Waals surface area contributed by atoms with Gasteiger partial charge in [-0.3, -0.25) is 5.10 Å². The average molecular weight is 392 g/mol. The van der Waals surface area contributed by atoms with Crippen LogP contribution in [0, 0.1) is 0 Å². The Morgan fingerprint density at radius 2 is 2.00 bits per heavy atom. The molecule has 0 radical (unpaired) electrons. The van der Waals surface area contributed by atoms with Crippen LogP contribution in [0.1, 0.15) is 25.7 Å². The highest BCUT2D eigenvalue weighted by Crippen LogP contribution is 2.36. The SMILES string of the molecule is CN(c1nc2nnc(-c3ccc(-c4cn[nH]c4)cc3O)cc2s1)C1CCCC1. The highest BCUT2D eigenvalue weighted by atomic mass is 32.1. The summed E-state index contributed by atoms with van der Waals surface area (Å²) in [6.07, 6.45) is 8.54. The predicted molar refractivity (Wildman–Crippen MR) is 111 cm³/mol. The van der Waals surface area contributed by atoms with Crippen molar-refractivity contribution in [2.45, 2.75) is 31.7 Å². The summed E-state index contributed by atoms with van der Waals surface area (Å²) in [6, 6.07) is 8.04. The number of benzene rings is 1. The molecule has 3 heterocycles. The summed E-state index contributed by atoms with van der Waals surface area (Å²) in [4.78, 5) is 6.93. The van der Waals surface area contributed by atoms with Crippen LogP contribution in [0.2, 0.25) is 0 Å². The fourth-order valence-electron chi connectivity index (χ4n) is 3.80. The van der Waals surface area contributed by atoms with E-state index in [1.54, 1.807) is 29.8 Å². The average Bonchev–Trinajstić information content (AvgIpc) is 3.48. The third-order valence-electron chi connectivity index (χ3n) is 5.42. The van der Waals surface area contributed by atoms with Gasteiger partial charge in [0.05, 0.1) is 16.6 Å². The molecule has 0 atom stereocenters. The first-order valence-electron chi connectivity index (χ1n) is 9.39. The lowest BCUT2D eigenvalue weighted by Crippen LogP contribution is -2.28. The van der Waals surface area contributed by atoms with E-state index in [-0.39, 0.29) is 5.75 Å². The number of hydrogen-bond donors (Lipinski definition) is 2. The van der Waals surface area contributed by atoms with Crippen LogP contribution in [0.15, 0.2) is 36.7 Å². The smallest absolute Gasteiger partial charge is 0.194 e. The summed E-state index contributed by atoms with van der Waals surface area (Å²) in [5.41, 5.74) is 3.76. The summed E-state index contributed by atoms with van der Waals surface area (Å²) in [5.74, 6) is 0.167. The molecule has 8 heteroatoms. The standard InChI is InChI=1S/C20H20N6OS/c1-26(14-4-2-3-5-14)20-23-19-18(28-20)9-16(24-25-19)15-7-6-12(8-17(15)27)13-10-21-22-11-13/h6-11,14,27H,2-5H2,1H3,(H,21,22). The van der Waals surface area contributed by atoms with Crippen LogP contribution in [0.5, 0.6) is 5.75 Å². The Bertz CT molecular complexity index is 1120. The maximum atomic E-state index is 10.5. The molecule has 1 fully saturated rings. The van der Waals surface area contributed by atoms with Crippen LogP contribution in [0.3, 0.4) is 0 Å². The fraction of sp³-hybridized carbons (Fsp3) is 0.300. The van der Waals surface area contributed by atoms with E-state index in [9.17, 15) is 5.11 Å². The summed E-state index contributed by atoms with van der Waals surface area (Å²) >= 11 is 1.63. The summed E-state index contributed by atoms with van der Waals surface area (Å²) in [6.45, 7) is 0. The third-order valence-corrected chi connectivity index (χ3v) is 6.51. The fourth-order valence-corrected chi connectivity index (χ4v) is 4.77. The van der Waals surface area contributed by atoms with Gasteiger partial charge in [0.25, 0.3) is 0 Å². The monoisotopic (exact) mass is 392 g/mol. The van der Waals surface area contributed by atoms with Gasteiger partial charge < -0.3 is 10.0 Å². The normalized spacial score (nSPS) is 14.8. The Morgan fingerprint density at radius 3 is 2.75 bits per heavy atom. The lowest BCUT2D eigenvalue weighted by molar-refractivity contribution is 0.477. The number of rotatable bonds is 4. The van der Waals surface area contributed by atoms with Crippen molar-refractivity contribution in [3.8, 4) is 28.1 Å².